The van der Waals surface area contributed by atoms with E-state index in [0.717, 1.165) is 11.4 Å². The first-order valence-electron chi connectivity index (χ1n) is 11.0. The molecule has 0 unspecified atom stereocenters. The van der Waals surface area contributed by atoms with Crippen LogP contribution in [-0.2, 0) is 9.59 Å². The van der Waals surface area contributed by atoms with E-state index < -0.39 is 11.0 Å². The number of nitro benzene ring substituents is 1. The molecule has 0 spiro atoms. The molecule has 0 aromatic heterocycles. The maximum Gasteiger partial charge on any atom is 0.271 e. The van der Waals surface area contributed by atoms with Gasteiger partial charge in [0.05, 0.1) is 16.3 Å². The Balaban J connectivity index is 0.000000149. The van der Waals surface area contributed by atoms with Crippen LogP contribution >= 0.6 is 0 Å². The first kappa shape index (κ1) is 22.9. The Morgan fingerprint density at radius 3 is 1.94 bits per heavy atom. The topological polar surface area (TPSA) is 177 Å². The fraction of sp³-hybridized carbons (Fsp3) is 0.273. The summed E-state index contributed by atoms with van der Waals surface area (Å²) in [6.45, 7) is 4.09. The molecule has 2 atom stereocenters. The SMILES string of the molecule is C[C@@H]1C(=O)NN=C2COc3ccc(N)cc3N21.C[C@@H]1C(=O)NN=C2COc3ccc([N+](=O)[O-])cc3N21. The highest BCUT2D eigenvalue weighted by atomic mass is 16.6. The number of nitrogens with one attached hydrogen (secondary N) is 2. The summed E-state index contributed by atoms with van der Waals surface area (Å²) in [6.07, 6.45) is 0. The standard InChI is InChI=1S/C11H10N4O4.C11H12N4O2/c1-6-11(16)13-12-10-5-19-9-3-2-7(15(17)18)4-8(9)14(6)10;1-6-11(16)14-13-10-5-17-9-3-2-7(12)4-8(9)15(6)10/h2-4,6H,5H2,1H3,(H,13,16);2-4,6H,5,12H2,1H3,(H,14,16)/t2*6-/m11/s1. The van der Waals surface area contributed by atoms with Crippen molar-refractivity contribution < 1.29 is 24.0 Å². The Morgan fingerprint density at radius 2 is 1.42 bits per heavy atom. The molecule has 6 rings (SSSR count). The molecule has 0 radical (unpaired) electrons. The van der Waals surface area contributed by atoms with Crippen LogP contribution in [-0.4, -0.2) is 53.7 Å². The molecular formula is C22H22N8O6. The maximum atomic E-state index is 11.6. The van der Waals surface area contributed by atoms with Gasteiger partial charge in [0.2, 0.25) is 0 Å². The van der Waals surface area contributed by atoms with Crippen LogP contribution in [0.3, 0.4) is 0 Å². The van der Waals surface area contributed by atoms with Gasteiger partial charge in [0.25, 0.3) is 17.5 Å². The summed E-state index contributed by atoms with van der Waals surface area (Å²) in [4.78, 5) is 37.1. The Labute approximate surface area is 204 Å². The maximum absolute atomic E-state index is 11.6. The Bertz CT molecular complexity index is 1340. The van der Waals surface area contributed by atoms with Crippen molar-refractivity contribution in [3.63, 3.8) is 0 Å². The number of anilines is 3. The zero-order valence-electron chi connectivity index (χ0n) is 19.3. The number of nitro groups is 1. The molecule has 0 aliphatic carbocycles. The number of amides is 2. The molecule has 0 saturated heterocycles. The number of amidine groups is 2. The minimum absolute atomic E-state index is 0.0539. The monoisotopic (exact) mass is 494 g/mol. The predicted octanol–water partition coefficient (Wildman–Crippen LogP) is 0.925. The number of hydrazone groups is 2. The van der Waals surface area contributed by atoms with Crippen LogP contribution in [0.25, 0.3) is 0 Å². The van der Waals surface area contributed by atoms with E-state index in [4.69, 9.17) is 15.2 Å². The van der Waals surface area contributed by atoms with Gasteiger partial charge in [-0.05, 0) is 38.1 Å². The van der Waals surface area contributed by atoms with Crippen molar-refractivity contribution in [3.05, 3.63) is 46.5 Å². The molecule has 4 heterocycles. The molecule has 0 fully saturated rings. The lowest BCUT2D eigenvalue weighted by Gasteiger charge is -2.38. The number of fused-ring (bicyclic) bond motifs is 6. The number of non-ortho nitro benzene ring substituents is 1. The highest BCUT2D eigenvalue weighted by molar-refractivity contribution is 6.10. The summed E-state index contributed by atoms with van der Waals surface area (Å²) in [7, 11) is 0. The lowest BCUT2D eigenvalue weighted by atomic mass is 10.1. The summed E-state index contributed by atoms with van der Waals surface area (Å²) in [5.41, 5.74) is 12.5. The Kier molecular flexibility index (Phi) is 5.54. The van der Waals surface area contributed by atoms with E-state index >= 15 is 0 Å². The van der Waals surface area contributed by atoms with Crippen molar-refractivity contribution in [2.75, 3.05) is 28.7 Å². The third-order valence-corrected chi connectivity index (χ3v) is 6.05. The normalized spacial score (nSPS) is 21.3. The van der Waals surface area contributed by atoms with Gasteiger partial charge in [-0.25, -0.2) is 10.9 Å². The number of hydrogen-bond acceptors (Lipinski definition) is 11. The van der Waals surface area contributed by atoms with Gasteiger partial charge in [0, 0.05) is 17.8 Å². The summed E-state index contributed by atoms with van der Waals surface area (Å²) in [6, 6.07) is 8.86. The lowest BCUT2D eigenvalue weighted by Crippen LogP contribution is -2.55. The van der Waals surface area contributed by atoms with Gasteiger partial charge in [-0.1, -0.05) is 0 Å². The van der Waals surface area contributed by atoms with Crippen molar-refractivity contribution in [2.24, 2.45) is 10.2 Å². The van der Waals surface area contributed by atoms with E-state index in [9.17, 15) is 19.7 Å². The molecule has 2 aromatic rings. The van der Waals surface area contributed by atoms with E-state index in [0.29, 0.717) is 35.4 Å². The smallest absolute Gasteiger partial charge is 0.271 e. The molecule has 0 bridgehead atoms. The average molecular weight is 494 g/mol. The minimum Gasteiger partial charge on any atom is -0.483 e. The number of ether oxygens (including phenoxy) is 2. The van der Waals surface area contributed by atoms with Crippen LogP contribution in [0.2, 0.25) is 0 Å². The van der Waals surface area contributed by atoms with Crippen LogP contribution in [0.5, 0.6) is 11.5 Å². The van der Waals surface area contributed by atoms with Crippen LogP contribution < -0.4 is 35.9 Å². The fourth-order valence-electron chi connectivity index (χ4n) is 4.17. The highest BCUT2D eigenvalue weighted by Gasteiger charge is 2.36. The third kappa shape index (κ3) is 3.87. The van der Waals surface area contributed by atoms with E-state index in [1.807, 2.05) is 11.8 Å². The number of benzene rings is 2. The quantitative estimate of drug-likeness (QED) is 0.295. The fourth-order valence-corrected chi connectivity index (χ4v) is 4.17. The lowest BCUT2D eigenvalue weighted by molar-refractivity contribution is -0.384. The number of nitrogens with zero attached hydrogens (tertiary/aromatic N) is 5. The van der Waals surface area contributed by atoms with Crippen LogP contribution in [0.1, 0.15) is 13.8 Å². The highest BCUT2D eigenvalue weighted by Crippen LogP contribution is 2.38. The van der Waals surface area contributed by atoms with E-state index in [1.54, 1.807) is 30.0 Å². The molecule has 0 saturated carbocycles. The molecule has 4 aliphatic heterocycles. The van der Waals surface area contributed by atoms with Crippen LogP contribution in [0.4, 0.5) is 22.7 Å². The zero-order chi connectivity index (χ0) is 25.6. The van der Waals surface area contributed by atoms with Crippen molar-refractivity contribution in [1.82, 2.24) is 10.9 Å². The Morgan fingerprint density at radius 1 is 0.917 bits per heavy atom. The molecule has 186 valence electrons. The number of hydrogen-bond donors (Lipinski definition) is 3. The molecule has 2 aromatic carbocycles. The molecule has 4 aliphatic rings. The van der Waals surface area contributed by atoms with E-state index in [1.165, 1.54) is 18.2 Å². The number of nitrogen functional groups attached to an aromatic ring is 1. The average Bonchev–Trinajstić information content (AvgIpc) is 2.87. The first-order chi connectivity index (χ1) is 17.2. The van der Waals surface area contributed by atoms with Crippen LogP contribution in [0.15, 0.2) is 46.6 Å². The summed E-state index contributed by atoms with van der Waals surface area (Å²) in [5.74, 6) is 2.05. The second-order valence-corrected chi connectivity index (χ2v) is 8.31. The van der Waals surface area contributed by atoms with Crippen LogP contribution in [0, 0.1) is 10.1 Å². The van der Waals surface area contributed by atoms with E-state index in [-0.39, 0.29) is 30.2 Å². The second-order valence-electron chi connectivity index (χ2n) is 8.31. The summed E-state index contributed by atoms with van der Waals surface area (Å²) >= 11 is 0. The molecule has 4 N–H and O–H groups in total. The van der Waals surface area contributed by atoms with Gasteiger partial charge in [-0.2, -0.15) is 10.2 Å². The largest absolute Gasteiger partial charge is 0.483 e. The second kappa shape index (κ2) is 8.72. The number of rotatable bonds is 1. The number of nitrogens with two attached hydrogens (primary N) is 1. The number of carbonyl (C=O) groups is 2. The van der Waals surface area contributed by atoms with E-state index in [2.05, 4.69) is 21.1 Å². The van der Waals surface area contributed by atoms with Crippen molar-refractivity contribution in [2.45, 2.75) is 25.9 Å². The Hall–Kier alpha value is -4.88. The van der Waals surface area contributed by atoms with Gasteiger partial charge >= 0.3 is 0 Å². The summed E-state index contributed by atoms with van der Waals surface area (Å²) < 4.78 is 11.0. The van der Waals surface area contributed by atoms with Gasteiger partial charge in [0.1, 0.15) is 36.8 Å². The predicted molar refractivity (Wildman–Crippen MR) is 130 cm³/mol. The summed E-state index contributed by atoms with van der Waals surface area (Å²) in [5, 5.41) is 18.7. The zero-order valence-corrected chi connectivity index (χ0v) is 19.3. The molecule has 14 heteroatoms. The van der Waals surface area contributed by atoms with Crippen molar-refractivity contribution in [3.8, 4) is 11.5 Å². The molecule has 14 nitrogen and oxygen atoms in total. The third-order valence-electron chi connectivity index (χ3n) is 6.05. The first-order valence-corrected chi connectivity index (χ1v) is 11.0. The number of carbonyl (C=O) groups excluding carboxylic acids is 2. The molecule has 2 amide bonds. The molecule has 36 heavy (non-hydrogen) atoms. The van der Waals surface area contributed by atoms with Gasteiger partial charge in [0.15, 0.2) is 11.7 Å². The van der Waals surface area contributed by atoms with Gasteiger partial charge in [-0.3, -0.25) is 19.7 Å². The van der Waals surface area contributed by atoms with Gasteiger partial charge in [-0.15, -0.1) is 0 Å². The van der Waals surface area contributed by atoms with Crippen molar-refractivity contribution in [1.29, 1.82) is 0 Å². The molecular weight excluding hydrogens is 472 g/mol. The van der Waals surface area contributed by atoms with Gasteiger partial charge < -0.3 is 25.0 Å². The van der Waals surface area contributed by atoms with Crippen molar-refractivity contribution >= 4 is 46.2 Å². The minimum atomic E-state index is -0.489.